The zero-order valence-corrected chi connectivity index (χ0v) is 11.9. The van der Waals surface area contributed by atoms with Gasteiger partial charge in [0.05, 0.1) is 18.2 Å². The van der Waals surface area contributed by atoms with E-state index >= 15 is 0 Å². The van der Waals surface area contributed by atoms with Crippen molar-refractivity contribution in [3.05, 3.63) is 30.1 Å². The Labute approximate surface area is 118 Å². The summed E-state index contributed by atoms with van der Waals surface area (Å²) in [6.45, 7) is 4.75. The number of carbonyl (C=O) groups excluding carboxylic acids is 1. The van der Waals surface area contributed by atoms with Gasteiger partial charge in [-0.2, -0.15) is 0 Å². The van der Waals surface area contributed by atoms with Crippen molar-refractivity contribution in [2.45, 2.75) is 26.8 Å². The number of rotatable bonds is 7. The standard InChI is InChI=1S/C14H21N3O3/c1-3-11(13(18)19)9-16-14(20)17(4-2)10-12-7-5-6-8-15-12/h5-8,11H,3-4,9-10H2,1-2H3,(H,16,20)(H,18,19). The fourth-order valence-electron chi connectivity index (χ4n) is 1.74. The van der Waals surface area contributed by atoms with Crippen LogP contribution in [0.15, 0.2) is 24.4 Å². The molecule has 0 aromatic carbocycles. The molecule has 0 fully saturated rings. The van der Waals surface area contributed by atoms with Gasteiger partial charge in [-0.3, -0.25) is 9.78 Å². The van der Waals surface area contributed by atoms with Crippen LogP contribution >= 0.6 is 0 Å². The van der Waals surface area contributed by atoms with Gasteiger partial charge in [-0.05, 0) is 25.5 Å². The van der Waals surface area contributed by atoms with Gasteiger partial charge in [-0.1, -0.05) is 13.0 Å². The van der Waals surface area contributed by atoms with E-state index in [1.165, 1.54) is 0 Å². The molecule has 6 nitrogen and oxygen atoms in total. The number of urea groups is 1. The molecule has 0 saturated heterocycles. The first-order valence-corrected chi connectivity index (χ1v) is 6.73. The first kappa shape index (κ1) is 15.9. The van der Waals surface area contributed by atoms with Crippen molar-refractivity contribution in [2.75, 3.05) is 13.1 Å². The summed E-state index contributed by atoms with van der Waals surface area (Å²) in [5.41, 5.74) is 0.801. The van der Waals surface area contributed by atoms with Crippen LogP contribution in [-0.4, -0.2) is 40.1 Å². The summed E-state index contributed by atoms with van der Waals surface area (Å²) in [7, 11) is 0. The summed E-state index contributed by atoms with van der Waals surface area (Å²) in [6.07, 6.45) is 2.17. The Morgan fingerprint density at radius 3 is 2.65 bits per heavy atom. The third-order valence-corrected chi connectivity index (χ3v) is 3.09. The van der Waals surface area contributed by atoms with Crippen molar-refractivity contribution < 1.29 is 14.7 Å². The van der Waals surface area contributed by atoms with Crippen molar-refractivity contribution in [3.63, 3.8) is 0 Å². The van der Waals surface area contributed by atoms with E-state index in [2.05, 4.69) is 10.3 Å². The van der Waals surface area contributed by atoms with E-state index in [1.807, 2.05) is 25.1 Å². The van der Waals surface area contributed by atoms with Crippen LogP contribution in [0.4, 0.5) is 4.79 Å². The third-order valence-electron chi connectivity index (χ3n) is 3.09. The molecule has 2 amide bonds. The van der Waals surface area contributed by atoms with Crippen molar-refractivity contribution in [1.29, 1.82) is 0 Å². The molecule has 1 heterocycles. The summed E-state index contributed by atoms with van der Waals surface area (Å²) < 4.78 is 0. The number of amides is 2. The van der Waals surface area contributed by atoms with Gasteiger partial charge in [-0.25, -0.2) is 4.79 Å². The summed E-state index contributed by atoms with van der Waals surface area (Å²) >= 11 is 0. The van der Waals surface area contributed by atoms with Crippen LogP contribution in [0, 0.1) is 5.92 Å². The number of hydrogen-bond acceptors (Lipinski definition) is 3. The second-order valence-electron chi connectivity index (χ2n) is 4.46. The van der Waals surface area contributed by atoms with Gasteiger partial charge >= 0.3 is 12.0 Å². The fourth-order valence-corrected chi connectivity index (χ4v) is 1.74. The molecule has 110 valence electrons. The van der Waals surface area contributed by atoms with Gasteiger partial charge in [0.2, 0.25) is 0 Å². The fraction of sp³-hybridized carbons (Fsp3) is 0.500. The molecule has 1 unspecified atom stereocenters. The highest BCUT2D eigenvalue weighted by atomic mass is 16.4. The Kier molecular flexibility index (Phi) is 6.49. The summed E-state index contributed by atoms with van der Waals surface area (Å²) in [5, 5.41) is 11.6. The lowest BCUT2D eigenvalue weighted by Gasteiger charge is -2.22. The molecule has 1 aromatic rings. The topological polar surface area (TPSA) is 82.5 Å². The molecule has 0 radical (unpaired) electrons. The second-order valence-corrected chi connectivity index (χ2v) is 4.46. The van der Waals surface area contributed by atoms with E-state index in [4.69, 9.17) is 5.11 Å². The van der Waals surface area contributed by atoms with Gasteiger partial charge in [0.15, 0.2) is 0 Å². The Morgan fingerprint density at radius 1 is 1.40 bits per heavy atom. The molecule has 6 heteroatoms. The lowest BCUT2D eigenvalue weighted by Crippen LogP contribution is -2.42. The summed E-state index contributed by atoms with van der Waals surface area (Å²) in [4.78, 5) is 28.7. The molecule has 0 aliphatic heterocycles. The smallest absolute Gasteiger partial charge is 0.317 e. The number of aromatic nitrogens is 1. The Balaban J connectivity index is 2.53. The van der Waals surface area contributed by atoms with Crippen LogP contribution in [0.3, 0.4) is 0 Å². The van der Waals surface area contributed by atoms with Crippen LogP contribution in [0.1, 0.15) is 26.0 Å². The SMILES string of the molecule is CCC(CNC(=O)N(CC)Cc1ccccn1)C(=O)O. The average molecular weight is 279 g/mol. The molecule has 2 N–H and O–H groups in total. The predicted molar refractivity (Wildman–Crippen MR) is 75.1 cm³/mol. The van der Waals surface area contributed by atoms with Crippen LogP contribution in [0.2, 0.25) is 0 Å². The number of nitrogens with one attached hydrogen (secondary N) is 1. The Morgan fingerprint density at radius 2 is 2.15 bits per heavy atom. The summed E-state index contributed by atoms with van der Waals surface area (Å²) in [6, 6.07) is 5.27. The van der Waals surface area contributed by atoms with Gasteiger partial charge in [0.1, 0.15) is 0 Å². The minimum Gasteiger partial charge on any atom is -0.481 e. The molecular formula is C14H21N3O3. The monoisotopic (exact) mass is 279 g/mol. The number of carboxylic acids is 1. The van der Waals surface area contributed by atoms with Crippen molar-refractivity contribution in [3.8, 4) is 0 Å². The van der Waals surface area contributed by atoms with Crippen LogP contribution in [-0.2, 0) is 11.3 Å². The number of hydrogen-bond donors (Lipinski definition) is 2. The largest absolute Gasteiger partial charge is 0.481 e. The minimum absolute atomic E-state index is 0.142. The van der Waals surface area contributed by atoms with Gasteiger partial charge < -0.3 is 15.3 Å². The lowest BCUT2D eigenvalue weighted by molar-refractivity contribution is -0.141. The molecule has 1 atom stereocenters. The number of aliphatic carboxylic acids is 1. The van der Waals surface area contributed by atoms with Crippen molar-refractivity contribution in [1.82, 2.24) is 15.2 Å². The van der Waals surface area contributed by atoms with Crippen molar-refractivity contribution >= 4 is 12.0 Å². The van der Waals surface area contributed by atoms with Gasteiger partial charge in [0.25, 0.3) is 0 Å². The van der Waals surface area contributed by atoms with E-state index in [0.717, 1.165) is 5.69 Å². The normalized spacial score (nSPS) is 11.7. The highest BCUT2D eigenvalue weighted by Gasteiger charge is 2.18. The van der Waals surface area contributed by atoms with E-state index in [0.29, 0.717) is 19.5 Å². The molecule has 0 aliphatic carbocycles. The zero-order chi connectivity index (χ0) is 15.0. The Bertz CT molecular complexity index is 437. The molecule has 0 saturated carbocycles. The molecular weight excluding hydrogens is 258 g/mol. The highest BCUT2D eigenvalue weighted by Crippen LogP contribution is 2.04. The maximum absolute atomic E-state index is 12.0. The lowest BCUT2D eigenvalue weighted by atomic mass is 10.1. The number of nitrogens with zero attached hydrogens (tertiary/aromatic N) is 2. The van der Waals surface area contributed by atoms with Crippen molar-refractivity contribution in [2.24, 2.45) is 5.92 Å². The van der Waals surface area contributed by atoms with Crippen LogP contribution in [0.5, 0.6) is 0 Å². The van der Waals surface area contributed by atoms with E-state index in [1.54, 1.807) is 18.0 Å². The van der Waals surface area contributed by atoms with E-state index < -0.39 is 11.9 Å². The molecule has 0 bridgehead atoms. The molecule has 1 rings (SSSR count). The first-order chi connectivity index (χ1) is 9.58. The second kappa shape index (κ2) is 8.14. The van der Waals surface area contributed by atoms with Crippen LogP contribution < -0.4 is 5.32 Å². The molecule has 0 aliphatic rings. The van der Waals surface area contributed by atoms with Gasteiger partial charge in [0, 0.05) is 19.3 Å². The molecule has 1 aromatic heterocycles. The molecule has 0 spiro atoms. The van der Waals surface area contributed by atoms with E-state index in [9.17, 15) is 9.59 Å². The number of carbonyl (C=O) groups is 2. The summed E-state index contributed by atoms with van der Waals surface area (Å²) in [5.74, 6) is -1.44. The van der Waals surface area contributed by atoms with Gasteiger partial charge in [-0.15, -0.1) is 0 Å². The number of pyridine rings is 1. The minimum atomic E-state index is -0.888. The van der Waals surface area contributed by atoms with E-state index in [-0.39, 0.29) is 12.6 Å². The maximum Gasteiger partial charge on any atom is 0.317 e. The molecule has 20 heavy (non-hydrogen) atoms. The predicted octanol–water partition coefficient (Wildman–Crippen LogP) is 1.72. The van der Waals surface area contributed by atoms with Crippen LogP contribution in [0.25, 0.3) is 0 Å². The first-order valence-electron chi connectivity index (χ1n) is 6.73. The maximum atomic E-state index is 12.0. The zero-order valence-electron chi connectivity index (χ0n) is 11.9. The Hall–Kier alpha value is -2.11. The third kappa shape index (κ3) is 4.87. The average Bonchev–Trinajstić information content (AvgIpc) is 2.45. The highest BCUT2D eigenvalue weighted by molar-refractivity contribution is 5.76. The quantitative estimate of drug-likeness (QED) is 0.796. The number of carboxylic acid groups (broad SMARTS) is 1.